The average molecular weight is 303 g/mol. The molecular weight excluding hydrogens is 288 g/mol. The van der Waals surface area contributed by atoms with E-state index in [1.165, 1.54) is 4.90 Å². The van der Waals surface area contributed by atoms with E-state index in [1.807, 2.05) is 13.8 Å². The number of nitrogens with zero attached hydrogens (tertiary/aromatic N) is 1. The lowest BCUT2D eigenvalue weighted by Gasteiger charge is -2.26. The third kappa shape index (κ3) is 3.59. The highest BCUT2D eigenvalue weighted by atomic mass is 79.9. The van der Waals surface area contributed by atoms with Crippen molar-refractivity contribution in [2.75, 3.05) is 6.54 Å². The SMILES string of the molecule is CCC(C)N(CC(=O)O)C(=O)c1cc(Br)c[nH]1. The van der Waals surface area contributed by atoms with Crippen LogP contribution >= 0.6 is 15.9 Å². The molecule has 1 aromatic heterocycles. The van der Waals surface area contributed by atoms with Gasteiger partial charge in [-0.25, -0.2) is 0 Å². The number of aromatic nitrogens is 1. The molecule has 0 saturated carbocycles. The van der Waals surface area contributed by atoms with E-state index in [9.17, 15) is 9.59 Å². The second-order valence-corrected chi connectivity index (χ2v) is 4.73. The van der Waals surface area contributed by atoms with Gasteiger partial charge in [0.2, 0.25) is 0 Å². The fourth-order valence-electron chi connectivity index (χ4n) is 1.44. The minimum Gasteiger partial charge on any atom is -0.480 e. The third-order valence-corrected chi connectivity index (χ3v) is 3.03. The molecule has 0 radical (unpaired) electrons. The number of halogens is 1. The Hall–Kier alpha value is -1.30. The molecule has 1 heterocycles. The van der Waals surface area contributed by atoms with E-state index in [0.717, 1.165) is 4.47 Å². The monoisotopic (exact) mass is 302 g/mol. The van der Waals surface area contributed by atoms with Crippen LogP contribution in [0, 0.1) is 0 Å². The lowest BCUT2D eigenvalue weighted by molar-refractivity contribution is -0.138. The van der Waals surface area contributed by atoms with Crippen molar-refractivity contribution in [1.29, 1.82) is 0 Å². The number of carbonyl (C=O) groups is 2. The van der Waals surface area contributed by atoms with Gasteiger partial charge in [0.05, 0.1) is 0 Å². The summed E-state index contributed by atoms with van der Waals surface area (Å²) in [6.07, 6.45) is 2.35. The van der Waals surface area contributed by atoms with Crippen LogP contribution < -0.4 is 0 Å². The molecule has 94 valence electrons. The number of carboxylic acid groups (broad SMARTS) is 1. The topological polar surface area (TPSA) is 73.4 Å². The first-order chi connectivity index (χ1) is 7.95. The second kappa shape index (κ2) is 5.86. The van der Waals surface area contributed by atoms with E-state index in [4.69, 9.17) is 5.11 Å². The van der Waals surface area contributed by atoms with Crippen LogP contribution in [-0.4, -0.2) is 39.5 Å². The smallest absolute Gasteiger partial charge is 0.323 e. The van der Waals surface area contributed by atoms with Crippen LogP contribution in [-0.2, 0) is 4.79 Å². The van der Waals surface area contributed by atoms with Gasteiger partial charge in [-0.05, 0) is 35.3 Å². The Morgan fingerprint density at radius 2 is 2.24 bits per heavy atom. The molecule has 17 heavy (non-hydrogen) atoms. The summed E-state index contributed by atoms with van der Waals surface area (Å²) in [6.45, 7) is 3.46. The summed E-state index contributed by atoms with van der Waals surface area (Å²) in [5.74, 6) is -1.31. The van der Waals surface area contributed by atoms with Crippen molar-refractivity contribution in [1.82, 2.24) is 9.88 Å². The molecule has 0 aromatic carbocycles. The summed E-state index contributed by atoms with van der Waals surface area (Å²) in [4.78, 5) is 27.0. The van der Waals surface area contributed by atoms with Gasteiger partial charge in [-0.15, -0.1) is 0 Å². The van der Waals surface area contributed by atoms with E-state index >= 15 is 0 Å². The number of nitrogens with one attached hydrogen (secondary N) is 1. The molecule has 0 aliphatic rings. The summed E-state index contributed by atoms with van der Waals surface area (Å²) in [7, 11) is 0. The van der Waals surface area contributed by atoms with Gasteiger partial charge < -0.3 is 15.0 Å². The molecule has 0 saturated heterocycles. The quantitative estimate of drug-likeness (QED) is 0.875. The summed E-state index contributed by atoms with van der Waals surface area (Å²) in [6, 6.07) is 1.53. The lowest BCUT2D eigenvalue weighted by atomic mass is 10.2. The Labute approximate surface area is 108 Å². The molecule has 2 N–H and O–H groups in total. The number of carbonyl (C=O) groups excluding carboxylic acids is 1. The Morgan fingerprint density at radius 3 is 2.65 bits per heavy atom. The summed E-state index contributed by atoms with van der Waals surface area (Å²) in [5, 5.41) is 8.82. The maximum atomic E-state index is 12.1. The second-order valence-electron chi connectivity index (χ2n) is 3.82. The van der Waals surface area contributed by atoms with Gasteiger partial charge in [0.25, 0.3) is 5.91 Å². The Bertz CT molecular complexity index is 417. The van der Waals surface area contributed by atoms with Gasteiger partial charge in [0.15, 0.2) is 0 Å². The minimum absolute atomic E-state index is 0.110. The number of H-pyrrole nitrogens is 1. The Morgan fingerprint density at radius 1 is 1.59 bits per heavy atom. The number of carboxylic acids is 1. The van der Waals surface area contributed by atoms with E-state index in [1.54, 1.807) is 12.3 Å². The summed E-state index contributed by atoms with van der Waals surface area (Å²) in [5.41, 5.74) is 0.387. The first-order valence-corrected chi connectivity index (χ1v) is 6.11. The molecule has 5 nitrogen and oxygen atoms in total. The van der Waals surface area contributed by atoms with E-state index in [-0.39, 0.29) is 18.5 Å². The summed E-state index contributed by atoms with van der Waals surface area (Å²) >= 11 is 3.24. The van der Waals surface area contributed by atoms with Crippen LogP contribution in [0.25, 0.3) is 0 Å². The van der Waals surface area contributed by atoms with E-state index in [2.05, 4.69) is 20.9 Å². The fraction of sp³-hybridized carbons (Fsp3) is 0.455. The number of hydrogen-bond acceptors (Lipinski definition) is 2. The van der Waals surface area contributed by atoms with Crippen molar-refractivity contribution in [3.63, 3.8) is 0 Å². The van der Waals surface area contributed by atoms with Crippen LogP contribution in [0.4, 0.5) is 0 Å². The van der Waals surface area contributed by atoms with Crippen LogP contribution in [0.3, 0.4) is 0 Å². The maximum Gasteiger partial charge on any atom is 0.323 e. The average Bonchev–Trinajstić information content (AvgIpc) is 2.70. The minimum atomic E-state index is -1.01. The molecule has 1 atom stereocenters. The molecule has 6 heteroatoms. The summed E-state index contributed by atoms with van der Waals surface area (Å²) < 4.78 is 0.764. The van der Waals surface area contributed by atoms with Crippen molar-refractivity contribution in [2.45, 2.75) is 26.3 Å². The van der Waals surface area contributed by atoms with Crippen LogP contribution in [0.5, 0.6) is 0 Å². The number of amides is 1. The Kier molecular flexibility index (Phi) is 4.74. The standard InChI is InChI=1S/C11H15BrN2O3/c1-3-7(2)14(6-10(15)16)11(17)9-4-8(12)5-13-9/h4-5,7,13H,3,6H2,1-2H3,(H,15,16). The zero-order valence-electron chi connectivity index (χ0n) is 9.74. The molecule has 0 fully saturated rings. The van der Waals surface area contributed by atoms with Crippen LogP contribution in [0.2, 0.25) is 0 Å². The van der Waals surface area contributed by atoms with Crippen LogP contribution in [0.15, 0.2) is 16.7 Å². The van der Waals surface area contributed by atoms with Gasteiger partial charge in [-0.3, -0.25) is 9.59 Å². The number of aliphatic carboxylic acids is 1. The maximum absolute atomic E-state index is 12.1. The van der Waals surface area contributed by atoms with E-state index in [0.29, 0.717) is 12.1 Å². The van der Waals surface area contributed by atoms with E-state index < -0.39 is 5.97 Å². The highest BCUT2D eigenvalue weighted by molar-refractivity contribution is 9.10. The molecule has 0 aliphatic carbocycles. The molecule has 1 amide bonds. The van der Waals surface area contributed by atoms with Crippen molar-refractivity contribution in [3.8, 4) is 0 Å². The molecule has 0 bridgehead atoms. The van der Waals surface area contributed by atoms with Crippen molar-refractivity contribution >= 4 is 27.8 Å². The first kappa shape index (κ1) is 13.8. The zero-order chi connectivity index (χ0) is 13.0. The molecule has 0 spiro atoms. The van der Waals surface area contributed by atoms with Gasteiger partial charge in [-0.2, -0.15) is 0 Å². The predicted octanol–water partition coefficient (Wildman–Crippen LogP) is 2.10. The van der Waals surface area contributed by atoms with Gasteiger partial charge >= 0.3 is 5.97 Å². The molecule has 1 rings (SSSR count). The van der Waals surface area contributed by atoms with Gasteiger partial charge in [-0.1, -0.05) is 6.92 Å². The normalized spacial score (nSPS) is 12.2. The fourth-order valence-corrected chi connectivity index (χ4v) is 1.78. The first-order valence-electron chi connectivity index (χ1n) is 5.32. The highest BCUT2D eigenvalue weighted by Gasteiger charge is 2.23. The number of aromatic amines is 1. The number of hydrogen-bond donors (Lipinski definition) is 2. The Balaban J connectivity index is 2.89. The molecular formula is C11H15BrN2O3. The van der Waals surface area contributed by atoms with Crippen molar-refractivity contribution in [2.24, 2.45) is 0 Å². The third-order valence-electron chi connectivity index (χ3n) is 2.57. The molecule has 0 aliphatic heterocycles. The molecule has 1 unspecified atom stereocenters. The largest absolute Gasteiger partial charge is 0.480 e. The molecule has 1 aromatic rings. The highest BCUT2D eigenvalue weighted by Crippen LogP contribution is 2.14. The lowest BCUT2D eigenvalue weighted by Crippen LogP contribution is -2.41. The van der Waals surface area contributed by atoms with Crippen molar-refractivity contribution in [3.05, 3.63) is 22.4 Å². The predicted molar refractivity (Wildman–Crippen MR) is 66.9 cm³/mol. The van der Waals surface area contributed by atoms with Crippen molar-refractivity contribution < 1.29 is 14.7 Å². The van der Waals surface area contributed by atoms with Crippen LogP contribution in [0.1, 0.15) is 30.8 Å². The van der Waals surface area contributed by atoms with Gasteiger partial charge in [0.1, 0.15) is 12.2 Å². The van der Waals surface area contributed by atoms with Gasteiger partial charge in [0, 0.05) is 16.7 Å². The zero-order valence-corrected chi connectivity index (χ0v) is 11.3. The number of rotatable bonds is 5.